The lowest BCUT2D eigenvalue weighted by atomic mass is 10.2. The first-order chi connectivity index (χ1) is 9.11. The second kappa shape index (κ2) is 6.37. The van der Waals surface area contributed by atoms with Gasteiger partial charge >= 0.3 is 0 Å². The van der Waals surface area contributed by atoms with E-state index in [1.807, 2.05) is 13.0 Å². The van der Waals surface area contributed by atoms with E-state index in [9.17, 15) is 0 Å². The minimum Gasteiger partial charge on any atom is -0.339 e. The highest BCUT2D eigenvalue weighted by Gasteiger charge is 2.15. The summed E-state index contributed by atoms with van der Waals surface area (Å²) >= 11 is 11.8. The molecule has 0 amide bonds. The summed E-state index contributed by atoms with van der Waals surface area (Å²) in [6.07, 6.45) is 0. The Morgan fingerprint density at radius 2 is 2.11 bits per heavy atom. The van der Waals surface area contributed by atoms with Crippen molar-refractivity contribution in [3.05, 3.63) is 34.1 Å². The van der Waals surface area contributed by atoms with Gasteiger partial charge in [0.2, 0.25) is 11.7 Å². The maximum atomic E-state index is 5.97. The Kier molecular flexibility index (Phi) is 4.80. The summed E-state index contributed by atoms with van der Waals surface area (Å²) < 4.78 is 5.27. The van der Waals surface area contributed by atoms with Crippen LogP contribution in [0.15, 0.2) is 22.7 Å². The Balaban J connectivity index is 2.18. The number of nitrogens with zero attached hydrogens (tertiary/aromatic N) is 2. The lowest BCUT2D eigenvalue weighted by Gasteiger charge is -2.05. The Hall–Kier alpha value is -1.10. The standard InChI is InChI=1S/C13H15Cl2N3O/c1-3-16-7-8(2)13-17-12(18-19-13)9-4-5-10(14)11(15)6-9/h4-6,8,16H,3,7H2,1-2H3. The fraction of sp³-hybridized carbons (Fsp3) is 0.385. The fourth-order valence-corrected chi connectivity index (χ4v) is 1.93. The number of hydrogen-bond acceptors (Lipinski definition) is 4. The molecule has 6 heteroatoms. The van der Waals surface area contributed by atoms with Crippen molar-refractivity contribution in [1.29, 1.82) is 0 Å². The smallest absolute Gasteiger partial charge is 0.231 e. The second-order valence-electron chi connectivity index (χ2n) is 4.29. The van der Waals surface area contributed by atoms with Crippen LogP contribution in [0.2, 0.25) is 10.0 Å². The van der Waals surface area contributed by atoms with Crippen LogP contribution in [0.3, 0.4) is 0 Å². The molecule has 0 saturated heterocycles. The Morgan fingerprint density at radius 1 is 1.32 bits per heavy atom. The lowest BCUT2D eigenvalue weighted by Crippen LogP contribution is -2.19. The Labute approximate surface area is 122 Å². The molecule has 0 radical (unpaired) electrons. The first-order valence-corrected chi connectivity index (χ1v) is 6.87. The SMILES string of the molecule is CCNCC(C)c1nc(-c2ccc(Cl)c(Cl)c2)no1. The van der Waals surface area contributed by atoms with Crippen molar-refractivity contribution in [3.8, 4) is 11.4 Å². The summed E-state index contributed by atoms with van der Waals surface area (Å²) in [7, 11) is 0. The first kappa shape index (κ1) is 14.3. The van der Waals surface area contributed by atoms with Crippen LogP contribution < -0.4 is 5.32 Å². The number of nitrogens with one attached hydrogen (secondary N) is 1. The molecule has 102 valence electrons. The van der Waals surface area contributed by atoms with E-state index >= 15 is 0 Å². The van der Waals surface area contributed by atoms with Crippen LogP contribution in [0, 0.1) is 0 Å². The molecule has 0 fully saturated rings. The Bertz CT molecular complexity index is 557. The van der Waals surface area contributed by atoms with Crippen molar-refractivity contribution in [2.75, 3.05) is 13.1 Å². The third-order valence-electron chi connectivity index (χ3n) is 2.74. The zero-order valence-electron chi connectivity index (χ0n) is 10.8. The van der Waals surface area contributed by atoms with Crippen molar-refractivity contribution in [3.63, 3.8) is 0 Å². The van der Waals surface area contributed by atoms with Crippen LogP contribution >= 0.6 is 23.2 Å². The van der Waals surface area contributed by atoms with E-state index < -0.39 is 0 Å². The van der Waals surface area contributed by atoms with Gasteiger partial charge in [0.15, 0.2) is 0 Å². The average molecular weight is 300 g/mol. The summed E-state index contributed by atoms with van der Waals surface area (Å²) in [5.74, 6) is 1.31. The summed E-state index contributed by atoms with van der Waals surface area (Å²) in [6.45, 7) is 5.81. The second-order valence-corrected chi connectivity index (χ2v) is 5.11. The summed E-state index contributed by atoms with van der Waals surface area (Å²) in [4.78, 5) is 4.38. The number of halogens is 2. The molecular weight excluding hydrogens is 285 g/mol. The fourth-order valence-electron chi connectivity index (χ4n) is 1.64. The molecule has 2 aromatic rings. The van der Waals surface area contributed by atoms with E-state index in [0.29, 0.717) is 21.8 Å². The van der Waals surface area contributed by atoms with Gasteiger partial charge in [-0.1, -0.05) is 42.2 Å². The third-order valence-corrected chi connectivity index (χ3v) is 3.48. The van der Waals surface area contributed by atoms with Crippen LogP contribution in [-0.2, 0) is 0 Å². The molecule has 1 atom stereocenters. The highest BCUT2D eigenvalue weighted by molar-refractivity contribution is 6.42. The van der Waals surface area contributed by atoms with Crippen molar-refractivity contribution >= 4 is 23.2 Å². The van der Waals surface area contributed by atoms with Gasteiger partial charge in [-0.3, -0.25) is 0 Å². The number of aromatic nitrogens is 2. The highest BCUT2D eigenvalue weighted by atomic mass is 35.5. The third kappa shape index (κ3) is 3.47. The Morgan fingerprint density at radius 3 is 2.79 bits per heavy atom. The van der Waals surface area contributed by atoms with E-state index in [-0.39, 0.29) is 5.92 Å². The molecule has 0 spiro atoms. The molecule has 0 aliphatic carbocycles. The topological polar surface area (TPSA) is 51.0 Å². The van der Waals surface area contributed by atoms with E-state index in [1.165, 1.54) is 0 Å². The van der Waals surface area contributed by atoms with Crippen LogP contribution in [-0.4, -0.2) is 23.2 Å². The molecule has 4 nitrogen and oxygen atoms in total. The average Bonchev–Trinajstić information content (AvgIpc) is 2.89. The molecule has 1 N–H and O–H groups in total. The van der Waals surface area contributed by atoms with Gasteiger partial charge in [-0.05, 0) is 24.7 Å². The first-order valence-electron chi connectivity index (χ1n) is 6.11. The monoisotopic (exact) mass is 299 g/mol. The van der Waals surface area contributed by atoms with Crippen LogP contribution in [0.5, 0.6) is 0 Å². The number of hydrogen-bond donors (Lipinski definition) is 1. The highest BCUT2D eigenvalue weighted by Crippen LogP contribution is 2.27. The van der Waals surface area contributed by atoms with Gasteiger partial charge in [0.1, 0.15) is 0 Å². The van der Waals surface area contributed by atoms with Crippen molar-refractivity contribution in [2.24, 2.45) is 0 Å². The molecule has 1 aromatic carbocycles. The van der Waals surface area contributed by atoms with E-state index in [1.54, 1.807) is 12.1 Å². The van der Waals surface area contributed by atoms with Gasteiger partial charge in [-0.15, -0.1) is 0 Å². The van der Waals surface area contributed by atoms with Gasteiger partial charge < -0.3 is 9.84 Å². The molecule has 19 heavy (non-hydrogen) atoms. The maximum absolute atomic E-state index is 5.97. The molecule has 0 aliphatic rings. The summed E-state index contributed by atoms with van der Waals surface area (Å²) in [6, 6.07) is 5.27. The zero-order valence-corrected chi connectivity index (χ0v) is 12.3. The van der Waals surface area contributed by atoms with Gasteiger partial charge in [-0.2, -0.15) is 4.98 Å². The van der Waals surface area contributed by atoms with E-state index in [2.05, 4.69) is 22.4 Å². The minimum absolute atomic E-state index is 0.170. The van der Waals surface area contributed by atoms with Crippen molar-refractivity contribution < 1.29 is 4.52 Å². The molecule has 0 aliphatic heterocycles. The van der Waals surface area contributed by atoms with Gasteiger partial charge in [0.25, 0.3) is 0 Å². The number of likely N-dealkylation sites (N-methyl/N-ethyl adjacent to an activating group) is 1. The zero-order chi connectivity index (χ0) is 13.8. The lowest BCUT2D eigenvalue weighted by molar-refractivity contribution is 0.355. The molecule has 0 saturated carbocycles. The molecule has 0 bridgehead atoms. The number of benzene rings is 1. The largest absolute Gasteiger partial charge is 0.339 e. The van der Waals surface area contributed by atoms with Gasteiger partial charge in [-0.25, -0.2) is 0 Å². The van der Waals surface area contributed by atoms with Crippen molar-refractivity contribution in [2.45, 2.75) is 19.8 Å². The van der Waals surface area contributed by atoms with Crippen LogP contribution in [0.1, 0.15) is 25.7 Å². The predicted molar refractivity (Wildman–Crippen MR) is 76.7 cm³/mol. The van der Waals surface area contributed by atoms with E-state index in [4.69, 9.17) is 27.7 Å². The summed E-state index contributed by atoms with van der Waals surface area (Å²) in [5.41, 5.74) is 0.792. The normalized spacial score (nSPS) is 12.6. The maximum Gasteiger partial charge on any atom is 0.231 e. The van der Waals surface area contributed by atoms with Gasteiger partial charge in [0.05, 0.1) is 10.0 Å². The molecule has 1 aromatic heterocycles. The number of rotatable bonds is 5. The molecule has 1 unspecified atom stereocenters. The predicted octanol–water partition coefficient (Wildman–Crippen LogP) is 3.76. The molecular formula is C13H15Cl2N3O. The molecule has 2 rings (SSSR count). The molecule has 1 heterocycles. The van der Waals surface area contributed by atoms with Crippen LogP contribution in [0.25, 0.3) is 11.4 Å². The van der Waals surface area contributed by atoms with Gasteiger partial charge in [0, 0.05) is 18.0 Å². The summed E-state index contributed by atoms with van der Waals surface area (Å²) in [5, 5.41) is 8.20. The van der Waals surface area contributed by atoms with Crippen molar-refractivity contribution in [1.82, 2.24) is 15.5 Å². The minimum atomic E-state index is 0.170. The van der Waals surface area contributed by atoms with Crippen LogP contribution in [0.4, 0.5) is 0 Å². The quantitative estimate of drug-likeness (QED) is 0.913. The van der Waals surface area contributed by atoms with E-state index in [0.717, 1.165) is 18.7 Å².